The second-order valence-electron chi connectivity index (χ2n) is 3.47. The lowest BCUT2D eigenvalue weighted by atomic mass is 10.4. The average Bonchev–Trinajstić information content (AvgIpc) is 2.94. The number of hydrogen-bond acceptors (Lipinski definition) is 7. The minimum absolute atomic E-state index is 0.245. The molecular formula is C9H12N4O3S2. The first-order valence-electron chi connectivity index (χ1n) is 5.17. The van der Waals surface area contributed by atoms with Crippen LogP contribution in [0.5, 0.6) is 0 Å². The zero-order valence-corrected chi connectivity index (χ0v) is 11.2. The molecule has 0 fully saturated rings. The average molecular weight is 288 g/mol. The largest absolute Gasteiger partial charge is 0.446 e. The van der Waals surface area contributed by atoms with E-state index in [-0.39, 0.29) is 5.09 Å². The lowest BCUT2D eigenvalue weighted by molar-refractivity contribution is 0.419. The Bertz CT molecular complexity index is 632. The summed E-state index contributed by atoms with van der Waals surface area (Å²) in [7, 11) is -3.78. The second kappa shape index (κ2) is 5.04. The highest BCUT2D eigenvalue weighted by atomic mass is 32.2. The third-order valence-corrected chi connectivity index (χ3v) is 3.91. The van der Waals surface area contributed by atoms with Gasteiger partial charge >= 0.3 is 0 Å². The number of primary sulfonamides is 1. The molecule has 18 heavy (non-hydrogen) atoms. The SMILES string of the molecule is CCc1nnc(NCc2ccc(S(N)(=O)=O)o2)s1. The van der Waals surface area contributed by atoms with Gasteiger partial charge in [-0.05, 0) is 18.6 Å². The Labute approximate surface area is 108 Å². The first-order valence-corrected chi connectivity index (χ1v) is 7.53. The van der Waals surface area contributed by atoms with E-state index < -0.39 is 10.0 Å². The summed E-state index contributed by atoms with van der Waals surface area (Å²) in [5, 5.41) is 17.2. The van der Waals surface area contributed by atoms with Crippen molar-refractivity contribution in [3.05, 3.63) is 22.9 Å². The first-order chi connectivity index (χ1) is 8.49. The van der Waals surface area contributed by atoms with Crippen LogP contribution in [0.2, 0.25) is 0 Å². The predicted molar refractivity (Wildman–Crippen MR) is 66.7 cm³/mol. The van der Waals surface area contributed by atoms with E-state index in [4.69, 9.17) is 9.56 Å². The summed E-state index contributed by atoms with van der Waals surface area (Å²) in [4.78, 5) is 0. The number of nitrogens with two attached hydrogens (primary N) is 1. The molecule has 0 aliphatic rings. The number of rotatable bonds is 5. The van der Waals surface area contributed by atoms with Crippen molar-refractivity contribution in [2.45, 2.75) is 25.0 Å². The van der Waals surface area contributed by atoms with E-state index in [0.29, 0.717) is 17.4 Å². The standard InChI is InChI=1S/C9H12N4O3S2/c1-2-7-12-13-9(17-7)11-5-6-3-4-8(16-6)18(10,14)15/h3-4H,2,5H2,1H3,(H,11,13)(H2,10,14,15). The molecule has 0 unspecified atom stereocenters. The normalized spacial score (nSPS) is 11.7. The Morgan fingerprint density at radius 3 is 2.78 bits per heavy atom. The van der Waals surface area contributed by atoms with Crippen LogP contribution in [0.15, 0.2) is 21.6 Å². The molecular weight excluding hydrogens is 276 g/mol. The van der Waals surface area contributed by atoms with E-state index in [0.717, 1.165) is 11.4 Å². The van der Waals surface area contributed by atoms with E-state index in [9.17, 15) is 8.42 Å². The fourth-order valence-electron chi connectivity index (χ4n) is 1.24. The van der Waals surface area contributed by atoms with Crippen LogP contribution in [0.4, 0.5) is 5.13 Å². The highest BCUT2D eigenvalue weighted by Crippen LogP contribution is 2.18. The molecule has 9 heteroatoms. The van der Waals surface area contributed by atoms with E-state index >= 15 is 0 Å². The van der Waals surface area contributed by atoms with Crippen molar-refractivity contribution in [3.63, 3.8) is 0 Å². The van der Waals surface area contributed by atoms with E-state index in [1.165, 1.54) is 17.4 Å². The molecule has 0 saturated heterocycles. The van der Waals surface area contributed by atoms with Crippen LogP contribution < -0.4 is 10.5 Å². The van der Waals surface area contributed by atoms with Crippen molar-refractivity contribution in [1.29, 1.82) is 0 Å². The van der Waals surface area contributed by atoms with Gasteiger partial charge in [0.05, 0.1) is 6.54 Å². The Balaban J connectivity index is 2.00. The zero-order chi connectivity index (χ0) is 13.2. The molecule has 0 amide bonds. The molecule has 0 radical (unpaired) electrons. The van der Waals surface area contributed by atoms with Crippen molar-refractivity contribution in [1.82, 2.24) is 10.2 Å². The number of nitrogens with one attached hydrogen (secondary N) is 1. The van der Waals surface area contributed by atoms with Gasteiger partial charge in [0.1, 0.15) is 10.8 Å². The van der Waals surface area contributed by atoms with E-state index in [1.54, 1.807) is 6.07 Å². The summed E-state index contributed by atoms with van der Waals surface area (Å²) in [5.41, 5.74) is 0. The Morgan fingerprint density at radius 2 is 2.22 bits per heavy atom. The number of aryl methyl sites for hydroxylation is 1. The predicted octanol–water partition coefficient (Wildman–Crippen LogP) is 0.953. The van der Waals surface area contributed by atoms with Crippen molar-refractivity contribution in [2.75, 3.05) is 5.32 Å². The van der Waals surface area contributed by atoms with Gasteiger partial charge in [0.2, 0.25) is 10.2 Å². The van der Waals surface area contributed by atoms with Gasteiger partial charge in [0.25, 0.3) is 10.0 Å². The van der Waals surface area contributed by atoms with Crippen molar-refractivity contribution in [3.8, 4) is 0 Å². The molecule has 7 nitrogen and oxygen atoms in total. The maximum atomic E-state index is 11.0. The molecule has 2 heterocycles. The maximum absolute atomic E-state index is 11.0. The number of hydrogen-bond donors (Lipinski definition) is 2. The van der Waals surface area contributed by atoms with Crippen LogP contribution in [-0.2, 0) is 23.0 Å². The molecule has 0 aromatic carbocycles. The summed E-state index contributed by atoms with van der Waals surface area (Å²) in [6.45, 7) is 2.32. The fraction of sp³-hybridized carbons (Fsp3) is 0.333. The summed E-state index contributed by atoms with van der Waals surface area (Å²) in [6.07, 6.45) is 0.829. The lowest BCUT2D eigenvalue weighted by Crippen LogP contribution is -2.10. The molecule has 2 rings (SSSR count). The fourth-order valence-corrected chi connectivity index (χ4v) is 2.39. The van der Waals surface area contributed by atoms with Crippen molar-refractivity contribution < 1.29 is 12.8 Å². The van der Waals surface area contributed by atoms with Gasteiger partial charge in [-0.2, -0.15) is 0 Å². The third-order valence-electron chi connectivity index (χ3n) is 2.10. The molecule has 3 N–H and O–H groups in total. The molecule has 0 aliphatic carbocycles. The van der Waals surface area contributed by atoms with Crippen LogP contribution in [0.1, 0.15) is 17.7 Å². The van der Waals surface area contributed by atoms with E-state index in [2.05, 4.69) is 15.5 Å². The molecule has 0 atom stereocenters. The summed E-state index contributed by atoms with van der Waals surface area (Å²) in [6, 6.07) is 2.87. The van der Waals surface area contributed by atoms with Crippen LogP contribution in [-0.4, -0.2) is 18.6 Å². The van der Waals surface area contributed by atoms with Gasteiger partial charge in [-0.25, -0.2) is 13.6 Å². The molecule has 2 aromatic heterocycles. The molecule has 0 saturated carbocycles. The van der Waals surface area contributed by atoms with Gasteiger partial charge < -0.3 is 9.73 Å². The minimum atomic E-state index is -3.78. The van der Waals surface area contributed by atoms with Crippen LogP contribution in [0, 0.1) is 0 Å². The van der Waals surface area contributed by atoms with Crippen molar-refractivity contribution >= 4 is 26.5 Å². The topological polar surface area (TPSA) is 111 Å². The molecule has 0 aliphatic heterocycles. The summed E-state index contributed by atoms with van der Waals surface area (Å²) < 4.78 is 27.1. The van der Waals surface area contributed by atoms with Crippen LogP contribution in [0.3, 0.4) is 0 Å². The highest BCUT2D eigenvalue weighted by Gasteiger charge is 2.13. The quantitative estimate of drug-likeness (QED) is 0.847. The zero-order valence-electron chi connectivity index (χ0n) is 9.58. The van der Waals surface area contributed by atoms with E-state index in [1.807, 2.05) is 6.92 Å². The third kappa shape index (κ3) is 3.06. The minimum Gasteiger partial charge on any atom is -0.446 e. The molecule has 0 spiro atoms. The van der Waals surface area contributed by atoms with Gasteiger partial charge in [0, 0.05) is 0 Å². The smallest absolute Gasteiger partial charge is 0.271 e. The first kappa shape index (κ1) is 13.0. The number of sulfonamides is 1. The van der Waals surface area contributed by atoms with Crippen LogP contribution >= 0.6 is 11.3 Å². The monoisotopic (exact) mass is 288 g/mol. The number of nitrogens with zero attached hydrogens (tertiary/aromatic N) is 2. The lowest BCUT2D eigenvalue weighted by Gasteiger charge is -1.97. The molecule has 0 bridgehead atoms. The molecule has 98 valence electrons. The van der Waals surface area contributed by atoms with Gasteiger partial charge in [0.15, 0.2) is 0 Å². The maximum Gasteiger partial charge on any atom is 0.271 e. The number of anilines is 1. The summed E-state index contributed by atoms with van der Waals surface area (Å²) in [5.74, 6) is 0.465. The highest BCUT2D eigenvalue weighted by molar-refractivity contribution is 7.89. The van der Waals surface area contributed by atoms with Crippen LogP contribution in [0.25, 0.3) is 0 Å². The second-order valence-corrected chi connectivity index (χ2v) is 6.03. The van der Waals surface area contributed by atoms with Gasteiger partial charge in [-0.15, -0.1) is 10.2 Å². The Hall–Kier alpha value is -1.45. The Kier molecular flexibility index (Phi) is 3.64. The summed E-state index contributed by atoms with van der Waals surface area (Å²) >= 11 is 1.45. The van der Waals surface area contributed by atoms with Crippen molar-refractivity contribution in [2.24, 2.45) is 5.14 Å². The number of furan rings is 1. The Morgan fingerprint density at radius 1 is 1.44 bits per heavy atom. The van der Waals surface area contributed by atoms with Gasteiger partial charge in [-0.1, -0.05) is 18.3 Å². The molecule has 2 aromatic rings. The number of aromatic nitrogens is 2. The van der Waals surface area contributed by atoms with Gasteiger partial charge in [-0.3, -0.25) is 0 Å².